The summed E-state index contributed by atoms with van der Waals surface area (Å²) in [5, 5.41) is 19.5. The van der Waals surface area contributed by atoms with Crippen molar-refractivity contribution in [2.75, 3.05) is 7.11 Å². The Hall–Kier alpha value is -2.03. The molecule has 0 saturated heterocycles. The number of amides is 1. The highest BCUT2D eigenvalue weighted by molar-refractivity contribution is 5.93. The first-order valence-corrected chi connectivity index (χ1v) is 5.38. The number of hydrogen-bond donors (Lipinski definition) is 4. The van der Waals surface area contributed by atoms with E-state index in [2.05, 4.69) is 9.72 Å². The first-order valence-electron chi connectivity index (χ1n) is 5.38. The maximum atomic E-state index is 11.3. The minimum Gasteiger partial charge on any atom is -0.469 e. The van der Waals surface area contributed by atoms with E-state index in [9.17, 15) is 19.8 Å². The molecule has 0 aliphatic rings. The Balaban J connectivity index is 2.84. The van der Waals surface area contributed by atoms with Gasteiger partial charge in [0.1, 0.15) is 6.10 Å². The molecule has 2 unspecified atom stereocenters. The third-order valence-electron chi connectivity index (χ3n) is 2.46. The molecular formula is C11H15N3O5. The van der Waals surface area contributed by atoms with Crippen LogP contribution in [0.15, 0.2) is 18.5 Å². The smallest absolute Gasteiger partial charge is 0.308 e. The molecule has 0 spiro atoms. The molecular weight excluding hydrogens is 254 g/mol. The van der Waals surface area contributed by atoms with Crippen molar-refractivity contribution in [1.29, 1.82) is 0 Å². The quantitative estimate of drug-likeness (QED) is 0.224. The lowest BCUT2D eigenvalue weighted by Gasteiger charge is -2.17. The van der Waals surface area contributed by atoms with Gasteiger partial charge in [-0.1, -0.05) is 0 Å². The molecule has 2 atom stereocenters. The summed E-state index contributed by atoms with van der Waals surface area (Å²) in [5.41, 5.74) is 2.24. The summed E-state index contributed by atoms with van der Waals surface area (Å²) in [4.78, 5) is 26.0. The van der Waals surface area contributed by atoms with Crippen molar-refractivity contribution in [1.82, 2.24) is 10.4 Å². The largest absolute Gasteiger partial charge is 0.469 e. The molecule has 0 bridgehead atoms. The predicted molar refractivity (Wildman–Crippen MR) is 63.5 cm³/mol. The summed E-state index contributed by atoms with van der Waals surface area (Å²) in [5.74, 6) is 3.74. The van der Waals surface area contributed by atoms with E-state index in [1.807, 2.05) is 5.43 Å². The number of hydrazine groups is 1. The fourth-order valence-electron chi connectivity index (χ4n) is 1.41. The van der Waals surface area contributed by atoms with Crippen LogP contribution in [0.2, 0.25) is 0 Å². The molecule has 19 heavy (non-hydrogen) atoms. The van der Waals surface area contributed by atoms with Crippen LogP contribution in [-0.2, 0) is 9.53 Å². The van der Waals surface area contributed by atoms with Crippen molar-refractivity contribution in [3.63, 3.8) is 0 Å². The number of esters is 1. The minimum atomic E-state index is -1.36. The number of carbonyl (C=O) groups excluding carboxylic acids is 2. The third kappa shape index (κ3) is 3.98. The number of hydrogen-bond acceptors (Lipinski definition) is 7. The normalized spacial score (nSPS) is 13.5. The average molecular weight is 269 g/mol. The number of nitrogen functional groups attached to an aromatic ring is 1. The maximum absolute atomic E-state index is 11.3. The van der Waals surface area contributed by atoms with E-state index in [1.165, 1.54) is 25.6 Å². The third-order valence-corrected chi connectivity index (χ3v) is 2.46. The number of aliphatic hydroxyl groups is 2. The van der Waals surface area contributed by atoms with Gasteiger partial charge in [-0.2, -0.15) is 0 Å². The molecule has 0 aliphatic heterocycles. The van der Waals surface area contributed by atoms with E-state index in [-0.39, 0.29) is 17.5 Å². The summed E-state index contributed by atoms with van der Waals surface area (Å²) in [6.07, 6.45) is -0.559. The summed E-state index contributed by atoms with van der Waals surface area (Å²) in [7, 11) is 1.18. The predicted octanol–water partition coefficient (Wildman–Crippen LogP) is -1.36. The summed E-state index contributed by atoms with van der Waals surface area (Å²) < 4.78 is 4.38. The van der Waals surface area contributed by atoms with Crippen LogP contribution in [-0.4, -0.2) is 40.3 Å². The van der Waals surface area contributed by atoms with Crippen LogP contribution in [0.3, 0.4) is 0 Å². The first kappa shape index (κ1) is 15.0. The van der Waals surface area contributed by atoms with E-state index >= 15 is 0 Å². The number of ether oxygens (including phenoxy) is 1. The zero-order valence-electron chi connectivity index (χ0n) is 10.2. The van der Waals surface area contributed by atoms with Crippen molar-refractivity contribution in [2.24, 2.45) is 5.84 Å². The van der Waals surface area contributed by atoms with Gasteiger partial charge in [0.2, 0.25) is 0 Å². The van der Waals surface area contributed by atoms with E-state index in [0.717, 1.165) is 0 Å². The molecule has 0 saturated carbocycles. The van der Waals surface area contributed by atoms with E-state index in [0.29, 0.717) is 0 Å². The first-order chi connectivity index (χ1) is 8.99. The van der Waals surface area contributed by atoms with E-state index in [4.69, 9.17) is 5.84 Å². The van der Waals surface area contributed by atoms with Crippen molar-refractivity contribution in [2.45, 2.75) is 18.6 Å². The lowest BCUT2D eigenvalue weighted by molar-refractivity contribution is -0.144. The molecule has 0 aliphatic carbocycles. The number of nitrogens with one attached hydrogen (secondary N) is 1. The maximum Gasteiger partial charge on any atom is 0.308 e. The highest BCUT2D eigenvalue weighted by Crippen LogP contribution is 2.19. The number of carbonyl (C=O) groups is 2. The number of methoxy groups -OCH3 is 1. The van der Waals surface area contributed by atoms with Gasteiger partial charge in [-0.3, -0.25) is 20.0 Å². The Morgan fingerprint density at radius 1 is 1.47 bits per heavy atom. The highest BCUT2D eigenvalue weighted by atomic mass is 16.5. The van der Waals surface area contributed by atoms with Gasteiger partial charge in [0.15, 0.2) is 0 Å². The van der Waals surface area contributed by atoms with Gasteiger partial charge in [0, 0.05) is 18.0 Å². The van der Waals surface area contributed by atoms with Crippen LogP contribution in [0.4, 0.5) is 0 Å². The zero-order chi connectivity index (χ0) is 14.4. The Morgan fingerprint density at radius 3 is 2.74 bits per heavy atom. The topological polar surface area (TPSA) is 135 Å². The van der Waals surface area contributed by atoms with Crippen molar-refractivity contribution >= 4 is 11.9 Å². The molecule has 0 fully saturated rings. The molecule has 1 aromatic heterocycles. The van der Waals surface area contributed by atoms with Crippen LogP contribution in [0, 0.1) is 0 Å². The fourth-order valence-corrected chi connectivity index (χ4v) is 1.41. The lowest BCUT2D eigenvalue weighted by atomic mass is 10.0. The van der Waals surface area contributed by atoms with E-state index < -0.39 is 24.1 Å². The lowest BCUT2D eigenvalue weighted by Crippen LogP contribution is -2.30. The van der Waals surface area contributed by atoms with Gasteiger partial charge in [-0.15, -0.1) is 0 Å². The minimum absolute atomic E-state index is 0.129. The Bertz CT molecular complexity index is 465. The van der Waals surface area contributed by atoms with Crippen molar-refractivity contribution in [3.05, 3.63) is 29.6 Å². The van der Waals surface area contributed by atoms with Gasteiger partial charge >= 0.3 is 5.97 Å². The molecule has 1 rings (SSSR count). The zero-order valence-corrected chi connectivity index (χ0v) is 10.2. The number of nitrogens with zero attached hydrogens (tertiary/aromatic N) is 1. The van der Waals surface area contributed by atoms with Crippen molar-refractivity contribution in [3.8, 4) is 0 Å². The second-order valence-corrected chi connectivity index (χ2v) is 3.77. The van der Waals surface area contributed by atoms with Gasteiger partial charge < -0.3 is 14.9 Å². The Kier molecular flexibility index (Phi) is 5.37. The van der Waals surface area contributed by atoms with Gasteiger partial charge in [0.05, 0.1) is 25.2 Å². The molecule has 8 heteroatoms. The summed E-state index contributed by atoms with van der Waals surface area (Å²) in [6.45, 7) is 0. The SMILES string of the molecule is COC(=O)CC(O)C(O)c1cncc(C(=O)NN)c1. The molecule has 8 nitrogen and oxygen atoms in total. The second-order valence-electron chi connectivity index (χ2n) is 3.77. The molecule has 1 heterocycles. The second kappa shape index (κ2) is 6.78. The number of aromatic nitrogens is 1. The van der Waals surface area contributed by atoms with Crippen molar-refractivity contribution < 1.29 is 24.5 Å². The van der Waals surface area contributed by atoms with E-state index in [1.54, 1.807) is 0 Å². The Morgan fingerprint density at radius 2 is 2.16 bits per heavy atom. The standard InChI is InChI=1S/C11H15N3O5/c1-19-9(16)3-8(15)10(17)6-2-7(5-13-4-6)11(18)14-12/h2,4-5,8,10,15,17H,3,12H2,1H3,(H,14,18). The molecule has 0 radical (unpaired) electrons. The van der Waals surface area contributed by atoms with Crippen LogP contribution in [0.1, 0.15) is 28.4 Å². The highest BCUT2D eigenvalue weighted by Gasteiger charge is 2.22. The Labute approximate surface area is 109 Å². The van der Waals surface area contributed by atoms with Gasteiger partial charge in [-0.05, 0) is 6.07 Å². The van der Waals surface area contributed by atoms with Crippen LogP contribution in [0.5, 0.6) is 0 Å². The van der Waals surface area contributed by atoms with Crippen LogP contribution >= 0.6 is 0 Å². The van der Waals surface area contributed by atoms with Crippen LogP contribution < -0.4 is 11.3 Å². The average Bonchev–Trinajstić information content (AvgIpc) is 2.45. The van der Waals surface area contributed by atoms with Crippen LogP contribution in [0.25, 0.3) is 0 Å². The number of aliphatic hydroxyl groups excluding tert-OH is 2. The fraction of sp³-hybridized carbons (Fsp3) is 0.364. The summed E-state index contributed by atoms with van der Waals surface area (Å²) in [6, 6.07) is 1.32. The molecule has 0 aromatic carbocycles. The molecule has 5 N–H and O–H groups in total. The monoisotopic (exact) mass is 269 g/mol. The van der Waals surface area contributed by atoms with Gasteiger partial charge in [-0.25, -0.2) is 5.84 Å². The number of pyridine rings is 1. The number of rotatable bonds is 5. The van der Waals surface area contributed by atoms with Gasteiger partial charge in [0.25, 0.3) is 5.91 Å². The summed E-state index contributed by atoms with van der Waals surface area (Å²) >= 11 is 0. The molecule has 1 aromatic rings. The molecule has 1 amide bonds. The number of nitrogens with two attached hydrogens (primary N) is 1. The molecule has 104 valence electrons.